The van der Waals surface area contributed by atoms with Gasteiger partial charge in [0.1, 0.15) is 5.76 Å². The van der Waals surface area contributed by atoms with Crippen molar-refractivity contribution in [2.24, 2.45) is 11.3 Å². The average Bonchev–Trinajstić information content (AvgIpc) is 2.13. The molecule has 0 aromatic heterocycles. The van der Waals surface area contributed by atoms with E-state index in [0.29, 0.717) is 18.6 Å². The number of carbonyl (C=O) groups excluding carboxylic acids is 2. The summed E-state index contributed by atoms with van der Waals surface area (Å²) in [6, 6.07) is 0. The van der Waals surface area contributed by atoms with Crippen LogP contribution in [0.4, 0.5) is 0 Å². The van der Waals surface area contributed by atoms with Crippen LogP contribution in [0.25, 0.3) is 0 Å². The standard InChI is InChI=1S/C14H18O3/c1-4-5-9-6-12(16)17-11-8-14(2,3)7-10(15)13(9)11/h4-5,9H,6-8H2,1-3H3/b5-4+/t9-/m0/s1. The van der Waals surface area contributed by atoms with E-state index in [9.17, 15) is 9.59 Å². The lowest BCUT2D eigenvalue weighted by atomic mass is 9.72. The molecular formula is C14H18O3. The van der Waals surface area contributed by atoms with E-state index in [1.807, 2.05) is 32.9 Å². The van der Waals surface area contributed by atoms with E-state index in [0.717, 1.165) is 5.57 Å². The minimum atomic E-state index is -0.225. The summed E-state index contributed by atoms with van der Waals surface area (Å²) in [5, 5.41) is 0. The molecule has 3 heteroatoms. The SMILES string of the molecule is C/C=C/[C@H]1CC(=O)OC2=C1C(=O)CC(C)(C)C2. The van der Waals surface area contributed by atoms with E-state index in [1.165, 1.54) is 0 Å². The van der Waals surface area contributed by atoms with Crippen LogP contribution in [0, 0.1) is 11.3 Å². The molecule has 1 aliphatic heterocycles. The lowest BCUT2D eigenvalue weighted by Gasteiger charge is -2.35. The summed E-state index contributed by atoms with van der Waals surface area (Å²) < 4.78 is 5.26. The van der Waals surface area contributed by atoms with Crippen molar-refractivity contribution in [3.05, 3.63) is 23.5 Å². The van der Waals surface area contributed by atoms with Gasteiger partial charge in [-0.3, -0.25) is 9.59 Å². The van der Waals surface area contributed by atoms with E-state index in [-0.39, 0.29) is 29.5 Å². The first kappa shape index (κ1) is 12.1. The lowest BCUT2D eigenvalue weighted by Crippen LogP contribution is -2.34. The third-order valence-corrected chi connectivity index (χ3v) is 3.30. The van der Waals surface area contributed by atoms with Gasteiger partial charge in [0, 0.05) is 24.3 Å². The number of ketones is 1. The fraction of sp³-hybridized carbons (Fsp3) is 0.571. The Morgan fingerprint density at radius 3 is 2.65 bits per heavy atom. The monoisotopic (exact) mass is 234 g/mol. The van der Waals surface area contributed by atoms with Crippen molar-refractivity contribution >= 4 is 11.8 Å². The number of hydrogen-bond acceptors (Lipinski definition) is 3. The second kappa shape index (κ2) is 4.13. The Labute approximate surface area is 102 Å². The summed E-state index contributed by atoms with van der Waals surface area (Å²) in [5.74, 6) is 0.426. The highest BCUT2D eigenvalue weighted by molar-refractivity contribution is 5.99. The molecule has 0 amide bonds. The molecule has 0 bridgehead atoms. The second-order valence-corrected chi connectivity index (χ2v) is 5.59. The molecule has 0 saturated carbocycles. The van der Waals surface area contributed by atoms with E-state index in [4.69, 9.17) is 4.74 Å². The van der Waals surface area contributed by atoms with Gasteiger partial charge in [-0.05, 0) is 12.3 Å². The maximum Gasteiger partial charge on any atom is 0.311 e. The van der Waals surface area contributed by atoms with E-state index in [1.54, 1.807) is 0 Å². The first-order chi connectivity index (χ1) is 7.93. The van der Waals surface area contributed by atoms with Crippen LogP contribution < -0.4 is 0 Å². The summed E-state index contributed by atoms with van der Waals surface area (Å²) in [6.07, 6.45) is 5.31. The molecule has 0 N–H and O–H groups in total. The van der Waals surface area contributed by atoms with Gasteiger partial charge >= 0.3 is 5.97 Å². The zero-order valence-corrected chi connectivity index (χ0v) is 10.6. The summed E-state index contributed by atoms with van der Waals surface area (Å²) in [4.78, 5) is 23.7. The highest BCUT2D eigenvalue weighted by Gasteiger charge is 2.40. The maximum atomic E-state index is 12.2. The van der Waals surface area contributed by atoms with Crippen molar-refractivity contribution in [3.8, 4) is 0 Å². The summed E-state index contributed by atoms with van der Waals surface area (Å²) in [7, 11) is 0. The zero-order valence-electron chi connectivity index (χ0n) is 10.6. The second-order valence-electron chi connectivity index (χ2n) is 5.59. The Balaban J connectivity index is 2.42. The average molecular weight is 234 g/mol. The number of hydrogen-bond donors (Lipinski definition) is 0. The van der Waals surface area contributed by atoms with Gasteiger partial charge in [0.05, 0.1) is 6.42 Å². The topological polar surface area (TPSA) is 43.4 Å². The number of carbonyl (C=O) groups is 2. The Morgan fingerprint density at radius 1 is 1.29 bits per heavy atom. The summed E-state index contributed by atoms with van der Waals surface area (Å²) >= 11 is 0. The molecule has 2 rings (SSSR count). The van der Waals surface area contributed by atoms with Gasteiger partial charge in [-0.25, -0.2) is 0 Å². The largest absolute Gasteiger partial charge is 0.431 e. The van der Waals surface area contributed by atoms with Gasteiger partial charge in [0.15, 0.2) is 5.78 Å². The van der Waals surface area contributed by atoms with Crippen LogP contribution in [0.2, 0.25) is 0 Å². The smallest absolute Gasteiger partial charge is 0.311 e. The van der Waals surface area contributed by atoms with Gasteiger partial charge in [-0.1, -0.05) is 26.0 Å². The Bertz CT molecular complexity index is 427. The van der Waals surface area contributed by atoms with Gasteiger partial charge in [-0.2, -0.15) is 0 Å². The van der Waals surface area contributed by atoms with Gasteiger partial charge in [0.25, 0.3) is 0 Å². The number of ether oxygens (including phenoxy) is 1. The normalized spacial score (nSPS) is 28.3. The molecule has 3 nitrogen and oxygen atoms in total. The molecule has 1 heterocycles. The molecule has 0 aromatic rings. The first-order valence-electron chi connectivity index (χ1n) is 6.03. The van der Waals surface area contributed by atoms with Crippen LogP contribution in [0.15, 0.2) is 23.5 Å². The van der Waals surface area contributed by atoms with Crippen LogP contribution in [-0.4, -0.2) is 11.8 Å². The molecule has 0 saturated heterocycles. The number of allylic oxidation sites excluding steroid dienone is 4. The van der Waals surface area contributed by atoms with Gasteiger partial charge < -0.3 is 4.74 Å². The van der Waals surface area contributed by atoms with Crippen LogP contribution in [0.3, 0.4) is 0 Å². The highest BCUT2D eigenvalue weighted by atomic mass is 16.5. The molecule has 0 spiro atoms. The van der Waals surface area contributed by atoms with Crippen molar-refractivity contribution in [1.82, 2.24) is 0 Å². The molecule has 17 heavy (non-hydrogen) atoms. The highest BCUT2D eigenvalue weighted by Crippen LogP contribution is 2.42. The Kier molecular flexibility index (Phi) is 2.94. The molecule has 0 fully saturated rings. The van der Waals surface area contributed by atoms with Crippen LogP contribution in [0.1, 0.15) is 40.0 Å². The zero-order chi connectivity index (χ0) is 12.6. The number of Topliss-reactive ketones (excluding diaryl/α,β-unsaturated/α-hetero) is 1. The summed E-state index contributed by atoms with van der Waals surface area (Å²) in [5.41, 5.74) is 0.621. The third kappa shape index (κ3) is 2.33. The molecule has 0 radical (unpaired) electrons. The fourth-order valence-corrected chi connectivity index (χ4v) is 2.64. The quantitative estimate of drug-likeness (QED) is 0.517. The maximum absolute atomic E-state index is 12.2. The van der Waals surface area contributed by atoms with Crippen LogP contribution in [-0.2, 0) is 14.3 Å². The van der Waals surface area contributed by atoms with Crippen LogP contribution in [0.5, 0.6) is 0 Å². The molecule has 1 atom stereocenters. The predicted molar refractivity (Wildman–Crippen MR) is 64.1 cm³/mol. The predicted octanol–water partition coefficient (Wildman–Crippen LogP) is 2.77. The molecule has 0 aromatic carbocycles. The molecule has 92 valence electrons. The first-order valence-corrected chi connectivity index (χ1v) is 6.03. The Morgan fingerprint density at radius 2 is 2.00 bits per heavy atom. The van der Waals surface area contributed by atoms with Crippen LogP contribution >= 0.6 is 0 Å². The third-order valence-electron chi connectivity index (χ3n) is 3.30. The van der Waals surface area contributed by atoms with Crippen molar-refractivity contribution in [1.29, 1.82) is 0 Å². The number of esters is 1. The molecular weight excluding hydrogens is 216 g/mol. The molecule has 0 unspecified atom stereocenters. The van der Waals surface area contributed by atoms with Crippen molar-refractivity contribution in [3.63, 3.8) is 0 Å². The van der Waals surface area contributed by atoms with E-state index >= 15 is 0 Å². The summed E-state index contributed by atoms with van der Waals surface area (Å²) in [6.45, 7) is 5.96. The molecule has 2 aliphatic rings. The van der Waals surface area contributed by atoms with E-state index in [2.05, 4.69) is 0 Å². The lowest BCUT2D eigenvalue weighted by molar-refractivity contribution is -0.143. The Hall–Kier alpha value is -1.38. The molecule has 1 aliphatic carbocycles. The van der Waals surface area contributed by atoms with Gasteiger partial charge in [0.2, 0.25) is 0 Å². The fourth-order valence-electron chi connectivity index (χ4n) is 2.64. The van der Waals surface area contributed by atoms with Gasteiger partial charge in [-0.15, -0.1) is 0 Å². The minimum Gasteiger partial charge on any atom is -0.431 e. The number of rotatable bonds is 1. The van der Waals surface area contributed by atoms with E-state index < -0.39 is 0 Å². The van der Waals surface area contributed by atoms with Crippen molar-refractivity contribution in [2.45, 2.75) is 40.0 Å². The van der Waals surface area contributed by atoms with Crippen molar-refractivity contribution in [2.75, 3.05) is 0 Å². The van der Waals surface area contributed by atoms with Crippen molar-refractivity contribution < 1.29 is 14.3 Å². The minimum absolute atomic E-state index is 0.0835.